The van der Waals surface area contributed by atoms with Crippen LogP contribution in [0.2, 0.25) is 0 Å². The van der Waals surface area contributed by atoms with Crippen LogP contribution in [-0.4, -0.2) is 18.4 Å². The highest BCUT2D eigenvalue weighted by atomic mass is 19.4. The summed E-state index contributed by atoms with van der Waals surface area (Å²) in [5.74, 6) is -0.554. The molecule has 0 aromatic heterocycles. The first-order chi connectivity index (χ1) is 13.1. The van der Waals surface area contributed by atoms with Crippen LogP contribution in [0.15, 0.2) is 58.7 Å². The Balaban J connectivity index is 1.98. The Hall–Kier alpha value is -3.37. The van der Waals surface area contributed by atoms with Gasteiger partial charge in [0, 0.05) is 11.1 Å². The van der Waals surface area contributed by atoms with Gasteiger partial charge in [0.1, 0.15) is 0 Å². The molecule has 2 aromatic rings. The normalized spacial score (nSPS) is 12.5. The summed E-state index contributed by atoms with van der Waals surface area (Å²) < 4.78 is 77.1. The molecule has 0 spiro atoms. The molecule has 11 heteroatoms. The van der Waals surface area contributed by atoms with E-state index in [2.05, 4.69) is 21.1 Å². The highest BCUT2D eigenvalue weighted by Gasteiger charge is 2.33. The van der Waals surface area contributed by atoms with E-state index < -0.39 is 29.4 Å². The molecule has 0 saturated heterocycles. The molecule has 0 heterocycles. The third kappa shape index (κ3) is 5.83. The van der Waals surface area contributed by atoms with E-state index in [1.807, 2.05) is 0 Å². The van der Waals surface area contributed by atoms with Crippen LogP contribution in [0.4, 0.5) is 26.3 Å². The molecule has 0 saturated carbocycles. The first-order valence-electron chi connectivity index (χ1n) is 7.58. The third-order valence-corrected chi connectivity index (χ3v) is 3.29. The van der Waals surface area contributed by atoms with Crippen LogP contribution in [0.25, 0.3) is 0 Å². The molecule has 0 bridgehead atoms. The quantitative estimate of drug-likeness (QED) is 0.311. The summed E-state index contributed by atoms with van der Waals surface area (Å²) in [6.45, 7) is 0. The van der Waals surface area contributed by atoms with E-state index in [9.17, 15) is 26.3 Å². The van der Waals surface area contributed by atoms with Crippen LogP contribution in [0.1, 0.15) is 22.3 Å². The summed E-state index contributed by atoms with van der Waals surface area (Å²) in [4.78, 5) is 0. The average molecular weight is 401 g/mol. The first-order valence-corrected chi connectivity index (χ1v) is 7.58. The van der Waals surface area contributed by atoms with Gasteiger partial charge in [0.25, 0.3) is 0 Å². The van der Waals surface area contributed by atoms with Gasteiger partial charge in [0.2, 0.25) is 5.96 Å². The highest BCUT2D eigenvalue weighted by molar-refractivity contribution is 5.86. The van der Waals surface area contributed by atoms with E-state index in [0.29, 0.717) is 0 Å². The Morgan fingerprint density at radius 2 is 1.07 bits per heavy atom. The SMILES string of the molecule is N=C(N/N=C/c1ccccc1C(F)(F)F)N/N=C/c1ccccc1C(F)(F)F. The molecular formula is C17H13F6N5. The summed E-state index contributed by atoms with van der Waals surface area (Å²) in [5.41, 5.74) is 1.91. The molecule has 0 aliphatic carbocycles. The predicted molar refractivity (Wildman–Crippen MR) is 92.1 cm³/mol. The van der Waals surface area contributed by atoms with Gasteiger partial charge in [-0.3, -0.25) is 5.41 Å². The predicted octanol–water partition coefficient (Wildman–Crippen LogP) is 4.21. The summed E-state index contributed by atoms with van der Waals surface area (Å²) in [5, 5.41) is 14.4. The number of benzene rings is 2. The van der Waals surface area contributed by atoms with Crippen LogP contribution in [0.3, 0.4) is 0 Å². The second kappa shape index (κ2) is 8.55. The van der Waals surface area contributed by atoms with Crippen molar-refractivity contribution in [3.05, 3.63) is 70.8 Å². The highest BCUT2D eigenvalue weighted by Crippen LogP contribution is 2.31. The molecule has 0 radical (unpaired) electrons. The van der Waals surface area contributed by atoms with Crippen molar-refractivity contribution >= 4 is 18.4 Å². The second-order valence-corrected chi connectivity index (χ2v) is 5.29. The van der Waals surface area contributed by atoms with Crippen LogP contribution in [0.5, 0.6) is 0 Å². The summed E-state index contributed by atoms with van der Waals surface area (Å²) in [6.07, 6.45) is -7.40. The minimum Gasteiger partial charge on any atom is -0.266 e. The lowest BCUT2D eigenvalue weighted by atomic mass is 10.1. The van der Waals surface area contributed by atoms with Gasteiger partial charge in [-0.25, -0.2) is 10.9 Å². The molecule has 2 rings (SSSR count). The molecular weight excluding hydrogens is 388 g/mol. The zero-order chi connectivity index (χ0) is 20.8. The number of nitrogens with one attached hydrogen (secondary N) is 3. The fourth-order valence-corrected chi connectivity index (χ4v) is 2.09. The molecule has 0 amide bonds. The van der Waals surface area contributed by atoms with Crippen molar-refractivity contribution in [3.63, 3.8) is 0 Å². The van der Waals surface area contributed by atoms with Crippen LogP contribution < -0.4 is 10.9 Å². The van der Waals surface area contributed by atoms with Crippen molar-refractivity contribution in [3.8, 4) is 0 Å². The Morgan fingerprint density at radius 3 is 1.43 bits per heavy atom. The molecule has 0 atom stereocenters. The maximum Gasteiger partial charge on any atom is 0.417 e. The van der Waals surface area contributed by atoms with Gasteiger partial charge in [0.15, 0.2) is 0 Å². The van der Waals surface area contributed by atoms with Crippen molar-refractivity contribution in [1.29, 1.82) is 5.41 Å². The van der Waals surface area contributed by atoms with Crippen LogP contribution in [-0.2, 0) is 12.4 Å². The van der Waals surface area contributed by atoms with E-state index in [1.165, 1.54) is 36.4 Å². The lowest BCUT2D eigenvalue weighted by molar-refractivity contribution is -0.138. The molecule has 28 heavy (non-hydrogen) atoms. The number of rotatable bonds is 4. The summed E-state index contributed by atoms with van der Waals surface area (Å²) in [6, 6.07) is 9.38. The lowest BCUT2D eigenvalue weighted by Crippen LogP contribution is -2.29. The molecule has 0 aliphatic rings. The van der Waals surface area contributed by atoms with Gasteiger partial charge < -0.3 is 0 Å². The van der Waals surface area contributed by atoms with Gasteiger partial charge in [-0.1, -0.05) is 36.4 Å². The van der Waals surface area contributed by atoms with Gasteiger partial charge in [0.05, 0.1) is 23.6 Å². The summed E-state index contributed by atoms with van der Waals surface area (Å²) in [7, 11) is 0. The minimum absolute atomic E-state index is 0.224. The van der Waals surface area contributed by atoms with Gasteiger partial charge in [-0.05, 0) is 12.1 Å². The maximum absolute atomic E-state index is 12.8. The molecule has 3 N–H and O–H groups in total. The smallest absolute Gasteiger partial charge is 0.266 e. The van der Waals surface area contributed by atoms with Crippen molar-refractivity contribution in [1.82, 2.24) is 10.9 Å². The Kier molecular flexibility index (Phi) is 6.39. The molecule has 0 fully saturated rings. The second-order valence-electron chi connectivity index (χ2n) is 5.29. The van der Waals surface area contributed by atoms with Crippen molar-refractivity contribution in [2.24, 2.45) is 10.2 Å². The van der Waals surface area contributed by atoms with Gasteiger partial charge in [-0.2, -0.15) is 36.5 Å². The largest absolute Gasteiger partial charge is 0.417 e. The molecule has 0 aliphatic heterocycles. The number of halogens is 6. The maximum atomic E-state index is 12.8. The van der Waals surface area contributed by atoms with E-state index in [4.69, 9.17) is 5.41 Å². The third-order valence-electron chi connectivity index (χ3n) is 3.29. The molecule has 148 valence electrons. The fourth-order valence-electron chi connectivity index (χ4n) is 2.09. The zero-order valence-electron chi connectivity index (χ0n) is 13.9. The zero-order valence-corrected chi connectivity index (χ0v) is 13.9. The standard InChI is InChI=1S/C17H13F6N5/c18-16(19,20)13-7-3-1-5-11(13)9-25-27-15(24)28-26-10-12-6-2-4-8-14(12)17(21,22)23/h1-10H,(H3,24,27,28)/b25-9+,26-10+. The number of hydrogen-bond donors (Lipinski definition) is 3. The van der Waals surface area contributed by atoms with E-state index >= 15 is 0 Å². The number of hydrazone groups is 2. The lowest BCUT2D eigenvalue weighted by Gasteiger charge is -2.09. The van der Waals surface area contributed by atoms with Crippen LogP contribution in [0, 0.1) is 5.41 Å². The van der Waals surface area contributed by atoms with Crippen molar-refractivity contribution in [2.75, 3.05) is 0 Å². The monoisotopic (exact) mass is 401 g/mol. The molecule has 2 aromatic carbocycles. The Morgan fingerprint density at radius 1 is 0.714 bits per heavy atom. The van der Waals surface area contributed by atoms with Crippen LogP contribution >= 0.6 is 0 Å². The van der Waals surface area contributed by atoms with E-state index in [1.54, 1.807) is 0 Å². The van der Waals surface area contributed by atoms with Crippen molar-refractivity contribution in [2.45, 2.75) is 12.4 Å². The number of hydrogen-bond acceptors (Lipinski definition) is 3. The van der Waals surface area contributed by atoms with Gasteiger partial charge >= 0.3 is 12.4 Å². The molecule has 0 unspecified atom stereocenters. The molecule has 5 nitrogen and oxygen atoms in total. The van der Waals surface area contributed by atoms with Crippen molar-refractivity contribution < 1.29 is 26.3 Å². The Labute approximate surface area is 155 Å². The fraction of sp³-hybridized carbons (Fsp3) is 0.118. The van der Waals surface area contributed by atoms with E-state index in [0.717, 1.165) is 24.6 Å². The number of alkyl halides is 6. The Bertz CT molecular complexity index is 815. The number of nitrogens with zero attached hydrogens (tertiary/aromatic N) is 2. The van der Waals surface area contributed by atoms with E-state index in [-0.39, 0.29) is 11.1 Å². The van der Waals surface area contributed by atoms with Gasteiger partial charge in [-0.15, -0.1) is 0 Å². The number of guanidine groups is 1. The topological polar surface area (TPSA) is 72.6 Å². The average Bonchev–Trinajstić information content (AvgIpc) is 2.61. The minimum atomic E-state index is -4.56. The first kappa shape index (κ1) is 20.9. The summed E-state index contributed by atoms with van der Waals surface area (Å²) >= 11 is 0.